The van der Waals surface area contributed by atoms with Gasteiger partial charge < -0.3 is 4.57 Å². The molecule has 0 saturated heterocycles. The van der Waals surface area contributed by atoms with E-state index in [9.17, 15) is 0 Å². The molecule has 4 nitrogen and oxygen atoms in total. The molecule has 62 heavy (non-hydrogen) atoms. The summed E-state index contributed by atoms with van der Waals surface area (Å²) in [5.74, 6) is 1.89. The summed E-state index contributed by atoms with van der Waals surface area (Å²) in [6.07, 6.45) is 0. The van der Waals surface area contributed by atoms with Gasteiger partial charge in [0.05, 0.1) is 11.0 Å². The second-order valence-electron chi connectivity index (χ2n) is 16.8. The summed E-state index contributed by atoms with van der Waals surface area (Å²) in [6, 6.07) is 73.8. The number of fused-ring (bicyclic) bond motifs is 7. The van der Waals surface area contributed by atoms with Gasteiger partial charge in [0.2, 0.25) is 0 Å². The van der Waals surface area contributed by atoms with Gasteiger partial charge in [-0.1, -0.05) is 190 Å². The topological polar surface area (TPSA) is 43.6 Å². The normalized spacial score (nSPS) is 12.8. The van der Waals surface area contributed by atoms with E-state index in [2.05, 4.69) is 206 Å². The van der Waals surface area contributed by atoms with E-state index in [-0.39, 0.29) is 5.41 Å². The van der Waals surface area contributed by atoms with E-state index in [1.165, 1.54) is 60.5 Å². The molecule has 0 saturated carbocycles. The average molecular weight is 793 g/mol. The van der Waals surface area contributed by atoms with Crippen molar-refractivity contribution in [3.63, 3.8) is 0 Å². The van der Waals surface area contributed by atoms with Crippen molar-refractivity contribution in [1.82, 2.24) is 19.5 Å². The fourth-order valence-corrected chi connectivity index (χ4v) is 9.83. The molecule has 0 aliphatic heterocycles. The molecule has 0 amide bonds. The fraction of sp³-hybridized carbons (Fsp3) is 0.0517. The molecule has 0 atom stereocenters. The second-order valence-corrected chi connectivity index (χ2v) is 16.8. The molecule has 1 aliphatic rings. The van der Waals surface area contributed by atoms with E-state index in [0.717, 1.165) is 39.0 Å². The molecule has 11 aromatic rings. The standard InChI is InChI=1S/C58H40N4/c1-58(2)50-26-9-6-21-46(50)47-34-33-41(36-51(47)58)45-25-14-18-38-17-13-24-44(54(38)45)37-29-31-40(32-30-37)56-59-55(39-15-4-3-5-16-39)60-57(61-56)42-19-12-20-43(35-42)62-52-27-10-7-22-48(52)49-23-8-11-28-53(49)62/h3-36H,1-2H3. The predicted octanol–water partition coefficient (Wildman–Crippen LogP) is 14.8. The van der Waals surface area contributed by atoms with Crippen molar-refractivity contribution in [3.8, 4) is 73.2 Å². The van der Waals surface area contributed by atoms with Crippen LogP contribution < -0.4 is 0 Å². The average Bonchev–Trinajstić information content (AvgIpc) is 3.79. The van der Waals surface area contributed by atoms with Gasteiger partial charge in [0.1, 0.15) is 0 Å². The van der Waals surface area contributed by atoms with Gasteiger partial charge in [0.15, 0.2) is 17.5 Å². The van der Waals surface area contributed by atoms with Crippen LogP contribution >= 0.6 is 0 Å². The lowest BCUT2D eigenvalue weighted by atomic mass is 9.81. The first-order valence-corrected chi connectivity index (χ1v) is 21.3. The van der Waals surface area contributed by atoms with Crippen molar-refractivity contribution in [1.29, 1.82) is 0 Å². The molecule has 9 aromatic carbocycles. The van der Waals surface area contributed by atoms with Crippen LogP contribution in [0.25, 0.3) is 106 Å². The second kappa shape index (κ2) is 14.1. The number of benzene rings is 9. The van der Waals surface area contributed by atoms with Crippen LogP contribution in [0, 0.1) is 0 Å². The van der Waals surface area contributed by atoms with Gasteiger partial charge in [-0.3, -0.25) is 0 Å². The van der Waals surface area contributed by atoms with E-state index in [1.807, 2.05) is 18.2 Å². The number of para-hydroxylation sites is 2. The van der Waals surface area contributed by atoms with Gasteiger partial charge in [0.25, 0.3) is 0 Å². The zero-order valence-electron chi connectivity index (χ0n) is 34.4. The maximum atomic E-state index is 5.18. The quantitative estimate of drug-likeness (QED) is 0.168. The Labute approximate surface area is 360 Å². The number of hydrogen-bond acceptors (Lipinski definition) is 3. The zero-order valence-corrected chi connectivity index (χ0v) is 34.4. The lowest BCUT2D eigenvalue weighted by molar-refractivity contribution is 0.660. The first-order chi connectivity index (χ1) is 30.5. The molecule has 2 aromatic heterocycles. The third-order valence-electron chi connectivity index (χ3n) is 12.9. The highest BCUT2D eigenvalue weighted by Crippen LogP contribution is 2.50. The lowest BCUT2D eigenvalue weighted by Crippen LogP contribution is -2.14. The van der Waals surface area contributed by atoms with Crippen molar-refractivity contribution in [2.24, 2.45) is 0 Å². The monoisotopic (exact) mass is 792 g/mol. The summed E-state index contributed by atoms with van der Waals surface area (Å²) in [5, 5.41) is 4.91. The Morgan fingerprint density at radius 3 is 1.56 bits per heavy atom. The van der Waals surface area contributed by atoms with Crippen molar-refractivity contribution in [2.75, 3.05) is 0 Å². The van der Waals surface area contributed by atoms with Crippen LogP contribution in [0.2, 0.25) is 0 Å². The van der Waals surface area contributed by atoms with E-state index >= 15 is 0 Å². The van der Waals surface area contributed by atoms with E-state index < -0.39 is 0 Å². The molecule has 12 rings (SSSR count). The highest BCUT2D eigenvalue weighted by molar-refractivity contribution is 6.09. The van der Waals surface area contributed by atoms with Crippen LogP contribution in [-0.2, 0) is 5.41 Å². The van der Waals surface area contributed by atoms with Gasteiger partial charge in [-0.2, -0.15) is 0 Å². The smallest absolute Gasteiger partial charge is 0.164 e. The van der Waals surface area contributed by atoms with Crippen LogP contribution in [0.15, 0.2) is 206 Å². The number of hydrogen-bond donors (Lipinski definition) is 0. The summed E-state index contributed by atoms with van der Waals surface area (Å²) < 4.78 is 2.33. The molecule has 4 heteroatoms. The van der Waals surface area contributed by atoms with Crippen molar-refractivity contribution >= 4 is 32.6 Å². The maximum absolute atomic E-state index is 5.18. The van der Waals surface area contributed by atoms with Gasteiger partial charge >= 0.3 is 0 Å². The van der Waals surface area contributed by atoms with Gasteiger partial charge in [-0.25, -0.2) is 15.0 Å². The molecule has 0 N–H and O–H groups in total. The minimum absolute atomic E-state index is 0.0738. The highest BCUT2D eigenvalue weighted by Gasteiger charge is 2.35. The largest absolute Gasteiger partial charge is 0.309 e. The van der Waals surface area contributed by atoms with Crippen molar-refractivity contribution < 1.29 is 0 Å². The minimum atomic E-state index is -0.0738. The Bertz CT molecular complexity index is 3480. The van der Waals surface area contributed by atoms with Crippen LogP contribution in [0.4, 0.5) is 0 Å². The fourth-order valence-electron chi connectivity index (χ4n) is 9.83. The first-order valence-electron chi connectivity index (χ1n) is 21.3. The molecule has 0 unspecified atom stereocenters. The molecule has 0 fully saturated rings. The molecule has 0 bridgehead atoms. The third-order valence-corrected chi connectivity index (χ3v) is 12.9. The van der Waals surface area contributed by atoms with Crippen LogP contribution in [-0.4, -0.2) is 19.5 Å². The Morgan fingerprint density at radius 1 is 0.355 bits per heavy atom. The molecule has 292 valence electrons. The zero-order chi connectivity index (χ0) is 41.4. The van der Waals surface area contributed by atoms with E-state index in [4.69, 9.17) is 15.0 Å². The maximum Gasteiger partial charge on any atom is 0.164 e. The highest BCUT2D eigenvalue weighted by atomic mass is 15.0. The van der Waals surface area contributed by atoms with Crippen LogP contribution in [0.1, 0.15) is 25.0 Å². The number of rotatable bonds is 6. The Balaban J connectivity index is 0.952. The number of nitrogens with zero attached hydrogens (tertiary/aromatic N) is 4. The predicted molar refractivity (Wildman–Crippen MR) is 256 cm³/mol. The minimum Gasteiger partial charge on any atom is -0.309 e. The summed E-state index contributed by atoms with van der Waals surface area (Å²) in [5.41, 5.74) is 16.3. The Kier molecular flexibility index (Phi) is 8.16. The van der Waals surface area contributed by atoms with Crippen LogP contribution in [0.3, 0.4) is 0 Å². The van der Waals surface area contributed by atoms with Crippen molar-refractivity contribution in [2.45, 2.75) is 19.3 Å². The molecule has 0 spiro atoms. The first kappa shape index (κ1) is 35.9. The molecule has 1 aliphatic carbocycles. The molecular formula is C58H40N4. The van der Waals surface area contributed by atoms with Crippen LogP contribution in [0.5, 0.6) is 0 Å². The molecular weight excluding hydrogens is 753 g/mol. The third kappa shape index (κ3) is 5.72. The summed E-state index contributed by atoms with van der Waals surface area (Å²) in [7, 11) is 0. The Hall–Kier alpha value is -7.95. The van der Waals surface area contributed by atoms with E-state index in [1.54, 1.807) is 0 Å². The van der Waals surface area contributed by atoms with E-state index in [0.29, 0.717) is 17.5 Å². The van der Waals surface area contributed by atoms with Crippen molar-refractivity contribution in [3.05, 3.63) is 217 Å². The van der Waals surface area contributed by atoms with Gasteiger partial charge in [-0.05, 0) is 85.6 Å². The number of aromatic nitrogens is 4. The Morgan fingerprint density at radius 2 is 0.855 bits per heavy atom. The van der Waals surface area contributed by atoms with Gasteiger partial charge in [-0.15, -0.1) is 0 Å². The lowest BCUT2D eigenvalue weighted by Gasteiger charge is -2.22. The summed E-state index contributed by atoms with van der Waals surface area (Å²) >= 11 is 0. The van der Waals surface area contributed by atoms with Gasteiger partial charge in [0, 0.05) is 38.6 Å². The SMILES string of the molecule is CC1(C)c2ccccc2-c2ccc(-c3cccc4cccc(-c5ccc(-c6nc(-c7ccccc7)nc(-c7cccc(-n8c9ccccc9c9ccccc98)c7)n6)cc5)c34)cc21. The summed E-state index contributed by atoms with van der Waals surface area (Å²) in [4.78, 5) is 15.4. The molecule has 0 radical (unpaired) electrons. The molecule has 2 heterocycles. The summed E-state index contributed by atoms with van der Waals surface area (Å²) in [6.45, 7) is 4.69.